The third kappa shape index (κ3) is 7.32. The number of aryl methyl sites for hydroxylation is 1. The van der Waals surface area contributed by atoms with Crippen molar-refractivity contribution in [2.75, 3.05) is 13.7 Å². The molecule has 2 fully saturated rings. The number of aromatic hydroxyl groups is 4. The molecule has 0 unspecified atom stereocenters. The van der Waals surface area contributed by atoms with Gasteiger partial charge in [-0.25, -0.2) is 14.4 Å². The quantitative estimate of drug-likeness (QED) is 0.0617. The number of phenols is 4. The number of ether oxygens (including phenoxy) is 3. The predicted octanol–water partition coefficient (Wildman–Crippen LogP) is 2.77. The number of likely N-dealkylation sites (N-methyl/N-ethyl adjacent to an activating group) is 1. The van der Waals surface area contributed by atoms with Crippen molar-refractivity contribution < 1.29 is 64.3 Å². The van der Waals surface area contributed by atoms with Crippen LogP contribution in [0.3, 0.4) is 0 Å². The number of benzene rings is 3. The molecule has 0 amide bonds. The first-order valence-electron chi connectivity index (χ1n) is 16.6. The normalized spacial score (nSPS) is 27.3. The summed E-state index contributed by atoms with van der Waals surface area (Å²) in [6.07, 6.45) is 0.553. The first kappa shape index (κ1) is 37.8. The van der Waals surface area contributed by atoms with Crippen LogP contribution in [0.25, 0.3) is 12.2 Å². The molecule has 8 N–H and O–H groups in total. The largest absolute Gasteiger partial charge is 0.504 e. The molecule has 2 aliphatic rings. The maximum Gasteiger partial charge on any atom is 0.336 e. The van der Waals surface area contributed by atoms with Gasteiger partial charge in [0.1, 0.15) is 6.10 Å². The van der Waals surface area contributed by atoms with Gasteiger partial charge in [0.15, 0.2) is 40.4 Å². The van der Waals surface area contributed by atoms with Gasteiger partial charge in [-0.2, -0.15) is 0 Å². The van der Waals surface area contributed by atoms with Gasteiger partial charge in [-0.1, -0.05) is 43.3 Å². The molecule has 5 rings (SSSR count). The molecule has 0 radical (unpaired) electrons. The molecule has 0 bridgehead atoms. The highest BCUT2D eigenvalue weighted by Gasteiger charge is 2.75. The number of carbonyl (C=O) groups excluding carboxylic acids is 2. The number of nitrogens with one attached hydrogen (secondary N) is 1. The highest BCUT2D eigenvalue weighted by molar-refractivity contribution is 5.89. The second kappa shape index (κ2) is 15.1. The number of carboxylic acid groups (broad SMARTS) is 1. The molecule has 1 aliphatic heterocycles. The maximum atomic E-state index is 13.7. The van der Waals surface area contributed by atoms with Crippen molar-refractivity contribution in [3.63, 3.8) is 0 Å². The smallest absolute Gasteiger partial charge is 0.336 e. The summed E-state index contributed by atoms with van der Waals surface area (Å²) < 4.78 is 18.1. The molecule has 14 heteroatoms. The van der Waals surface area contributed by atoms with Crippen molar-refractivity contribution >= 4 is 30.1 Å². The van der Waals surface area contributed by atoms with E-state index in [1.165, 1.54) is 55.6 Å². The Morgan fingerprint density at radius 2 is 1.46 bits per heavy atom. The standard InChI is InChI=1S/C38H41NO13/c1-3-22-5-4-6-25(17-22)18-26-34(51-32(44)13-9-23-7-11-27(40)29(42)19-23)38(52-33(45)14-10-24-8-12-28(41)30(43)20-24)31(21-36(26,48)35(46)47)50-16-15-37(38,49)39-2/h4-14,17,19-20,26,31,34,39-43,48-49H,3,15-16,18,21H2,1-2H3,(H,46,47)/t26-,31+,34+,36+,37-,38+/m0/s1. The number of hydrogen-bond donors (Lipinski definition) is 8. The van der Waals surface area contributed by atoms with Crippen LogP contribution >= 0.6 is 0 Å². The van der Waals surface area contributed by atoms with Gasteiger partial charge >= 0.3 is 17.9 Å². The van der Waals surface area contributed by atoms with Crippen molar-refractivity contribution in [1.82, 2.24) is 5.32 Å². The Hall–Kier alpha value is -5.41. The van der Waals surface area contributed by atoms with Crippen molar-refractivity contribution in [2.24, 2.45) is 5.92 Å². The molecule has 3 aromatic rings. The first-order chi connectivity index (χ1) is 24.6. The van der Waals surface area contributed by atoms with Crippen LogP contribution in [-0.2, 0) is 41.4 Å². The summed E-state index contributed by atoms with van der Waals surface area (Å²) in [6.45, 7) is 1.77. The molecule has 0 spiro atoms. The number of carbonyl (C=O) groups is 3. The minimum Gasteiger partial charge on any atom is -0.504 e. The lowest BCUT2D eigenvalue weighted by atomic mass is 9.58. The fraction of sp³-hybridized carbons (Fsp3) is 0.342. The molecule has 1 saturated heterocycles. The Labute approximate surface area is 298 Å². The van der Waals surface area contributed by atoms with Crippen LogP contribution in [0.4, 0.5) is 0 Å². The van der Waals surface area contributed by atoms with Crippen LogP contribution < -0.4 is 5.32 Å². The van der Waals surface area contributed by atoms with Crippen LogP contribution in [0, 0.1) is 5.92 Å². The minimum absolute atomic E-state index is 0.159. The second-order valence-electron chi connectivity index (χ2n) is 12.9. The zero-order valence-electron chi connectivity index (χ0n) is 28.4. The summed E-state index contributed by atoms with van der Waals surface area (Å²) in [4.78, 5) is 40.4. The predicted molar refractivity (Wildman–Crippen MR) is 185 cm³/mol. The number of phenolic OH excluding ortho intramolecular Hbond substituents is 4. The van der Waals surface area contributed by atoms with Crippen molar-refractivity contribution in [1.29, 1.82) is 0 Å². The number of carboxylic acids is 1. The molecule has 6 atom stereocenters. The van der Waals surface area contributed by atoms with Gasteiger partial charge < -0.3 is 50.0 Å². The number of fused-ring (bicyclic) bond motifs is 1. The molecule has 276 valence electrons. The fourth-order valence-electron chi connectivity index (χ4n) is 6.98. The van der Waals surface area contributed by atoms with Crippen LogP contribution in [0.1, 0.15) is 42.0 Å². The molecule has 1 saturated carbocycles. The van der Waals surface area contributed by atoms with E-state index >= 15 is 0 Å². The van der Waals surface area contributed by atoms with E-state index in [1.54, 1.807) is 18.2 Å². The summed E-state index contributed by atoms with van der Waals surface area (Å²) in [7, 11) is 1.38. The van der Waals surface area contributed by atoms with Crippen LogP contribution in [0.2, 0.25) is 0 Å². The highest BCUT2D eigenvalue weighted by atomic mass is 16.6. The molecule has 1 heterocycles. The second-order valence-corrected chi connectivity index (χ2v) is 12.9. The van der Waals surface area contributed by atoms with Gasteiger partial charge in [0.05, 0.1) is 6.61 Å². The summed E-state index contributed by atoms with van der Waals surface area (Å²) >= 11 is 0. The van der Waals surface area contributed by atoms with E-state index in [2.05, 4.69) is 5.32 Å². The van der Waals surface area contributed by atoms with E-state index in [1.807, 2.05) is 13.0 Å². The zero-order valence-corrected chi connectivity index (χ0v) is 28.4. The average molecular weight is 720 g/mol. The highest BCUT2D eigenvalue weighted by Crippen LogP contribution is 2.53. The third-order valence-electron chi connectivity index (χ3n) is 9.78. The van der Waals surface area contributed by atoms with Gasteiger partial charge in [-0.15, -0.1) is 0 Å². The molecule has 0 aromatic heterocycles. The van der Waals surface area contributed by atoms with Gasteiger partial charge in [0.2, 0.25) is 5.60 Å². The SMILES string of the molecule is CCc1cccc(C[C@H]2[C@@H](OC(=O)C=Cc3ccc(O)c(O)c3)[C@]3(OC(=O)C=Cc4ccc(O)c(O)c4)[C@@H](C[C@]2(O)C(=O)O)OCC[C@@]3(O)NC)c1. The average Bonchev–Trinajstić information content (AvgIpc) is 3.11. The van der Waals surface area contributed by atoms with E-state index in [0.717, 1.165) is 17.7 Å². The molecule has 14 nitrogen and oxygen atoms in total. The first-order valence-corrected chi connectivity index (χ1v) is 16.6. The molecule has 3 aromatic carbocycles. The zero-order chi connectivity index (χ0) is 37.8. The van der Waals surface area contributed by atoms with E-state index < -0.39 is 70.9 Å². The van der Waals surface area contributed by atoms with Gasteiger partial charge in [-0.3, -0.25) is 5.32 Å². The third-order valence-corrected chi connectivity index (χ3v) is 9.78. The summed E-state index contributed by atoms with van der Waals surface area (Å²) in [6, 6.07) is 14.7. The topological polar surface area (TPSA) is 233 Å². The molecule has 1 aliphatic carbocycles. The summed E-state index contributed by atoms with van der Waals surface area (Å²) in [5, 5.41) is 76.8. The van der Waals surface area contributed by atoms with E-state index in [-0.39, 0.29) is 42.1 Å². The minimum atomic E-state index is -2.63. The maximum absolute atomic E-state index is 13.7. The van der Waals surface area contributed by atoms with Crippen molar-refractivity contribution in [3.05, 3.63) is 95.1 Å². The Morgan fingerprint density at radius 3 is 2.02 bits per heavy atom. The van der Waals surface area contributed by atoms with Gasteiger partial charge in [-0.05, 0) is 78.6 Å². The van der Waals surface area contributed by atoms with Gasteiger partial charge in [0, 0.05) is 30.9 Å². The van der Waals surface area contributed by atoms with E-state index in [9.17, 15) is 50.1 Å². The summed E-state index contributed by atoms with van der Waals surface area (Å²) in [5.74, 6) is -7.05. The lowest BCUT2D eigenvalue weighted by Gasteiger charge is -2.61. The van der Waals surface area contributed by atoms with Crippen LogP contribution in [0.15, 0.2) is 72.8 Å². The van der Waals surface area contributed by atoms with Crippen molar-refractivity contribution in [3.8, 4) is 23.0 Å². The molecular weight excluding hydrogens is 678 g/mol. The van der Waals surface area contributed by atoms with E-state index in [0.29, 0.717) is 12.0 Å². The monoisotopic (exact) mass is 719 g/mol. The molecular formula is C38H41NO13. The van der Waals surface area contributed by atoms with Gasteiger partial charge in [0.25, 0.3) is 0 Å². The Kier molecular flexibility index (Phi) is 11.0. The van der Waals surface area contributed by atoms with Crippen molar-refractivity contribution in [2.45, 2.75) is 61.7 Å². The lowest BCUT2D eigenvalue weighted by molar-refractivity contribution is -0.339. The number of rotatable bonds is 11. The number of hydrogen-bond acceptors (Lipinski definition) is 13. The lowest BCUT2D eigenvalue weighted by Crippen LogP contribution is -2.83. The van der Waals surface area contributed by atoms with Crippen LogP contribution in [-0.4, -0.2) is 96.4 Å². The fourth-order valence-corrected chi connectivity index (χ4v) is 6.98. The Balaban J connectivity index is 1.65. The van der Waals surface area contributed by atoms with E-state index in [4.69, 9.17) is 14.2 Å². The number of aliphatic carboxylic acids is 1. The number of aliphatic hydroxyl groups is 2. The van der Waals surface area contributed by atoms with Crippen LogP contribution in [0.5, 0.6) is 23.0 Å². The Bertz CT molecular complexity index is 1890. The Morgan fingerprint density at radius 1 is 0.865 bits per heavy atom. The molecule has 52 heavy (non-hydrogen) atoms. The summed E-state index contributed by atoms with van der Waals surface area (Å²) in [5.41, 5.74) is -5.18. The number of esters is 2.